The molecule has 3 N–H and O–H groups in total. The van der Waals surface area contributed by atoms with E-state index in [0.717, 1.165) is 49.7 Å². The average Bonchev–Trinajstić information content (AvgIpc) is 3.44. The molecular weight excluding hydrogens is 515 g/mol. The van der Waals surface area contributed by atoms with Crippen molar-refractivity contribution in [3.8, 4) is 5.75 Å². The van der Waals surface area contributed by atoms with Crippen molar-refractivity contribution in [1.82, 2.24) is 20.6 Å². The van der Waals surface area contributed by atoms with E-state index in [-0.39, 0.29) is 46.5 Å². The van der Waals surface area contributed by atoms with Crippen molar-refractivity contribution in [3.63, 3.8) is 0 Å². The lowest BCUT2D eigenvalue weighted by Gasteiger charge is -2.31. The number of piperidine rings is 1. The predicted molar refractivity (Wildman–Crippen MR) is 140 cm³/mol. The molecule has 2 fully saturated rings. The van der Waals surface area contributed by atoms with E-state index in [4.69, 9.17) is 4.74 Å². The number of rotatable bonds is 6. The van der Waals surface area contributed by atoms with Crippen molar-refractivity contribution in [2.45, 2.75) is 56.5 Å². The highest BCUT2D eigenvalue weighted by molar-refractivity contribution is 6.02. The molecule has 0 bridgehead atoms. The van der Waals surface area contributed by atoms with Gasteiger partial charge in [-0.05, 0) is 44.8 Å². The van der Waals surface area contributed by atoms with Crippen LogP contribution in [0, 0.1) is 5.82 Å². The summed E-state index contributed by atoms with van der Waals surface area (Å²) in [5.74, 6) is -5.84. The summed E-state index contributed by atoms with van der Waals surface area (Å²) in [5, 5.41) is 8.97. The zero-order chi connectivity index (χ0) is 27.7. The summed E-state index contributed by atoms with van der Waals surface area (Å²) < 4.78 is 50.2. The molecule has 13 heteroatoms. The molecule has 1 aromatic heterocycles. The SMILES string of the molecule is COc1cc(C(=O)NC2CCNCC2)c(F)cc1Nc1ncc2c(n1)N(C1CCCC1)CC(F)(F)C(=O)N2C. The Morgan fingerprint density at radius 1 is 1.18 bits per heavy atom. The number of hydrogen-bond acceptors (Lipinski definition) is 8. The number of carbonyl (C=O) groups is 2. The molecule has 3 heterocycles. The van der Waals surface area contributed by atoms with Crippen LogP contribution in [0.2, 0.25) is 0 Å². The van der Waals surface area contributed by atoms with Crippen molar-refractivity contribution in [3.05, 3.63) is 29.7 Å². The number of anilines is 4. The first kappa shape index (κ1) is 27.0. The number of aromatic nitrogens is 2. The molecule has 1 saturated heterocycles. The highest BCUT2D eigenvalue weighted by Gasteiger charge is 2.48. The lowest BCUT2D eigenvalue weighted by atomic mass is 10.1. The summed E-state index contributed by atoms with van der Waals surface area (Å²) in [4.78, 5) is 36.3. The first-order valence-electron chi connectivity index (χ1n) is 13.1. The third-order valence-corrected chi connectivity index (χ3v) is 7.59. The Morgan fingerprint density at radius 2 is 1.90 bits per heavy atom. The average molecular weight is 548 g/mol. The van der Waals surface area contributed by atoms with Gasteiger partial charge in [0.25, 0.3) is 11.8 Å². The molecule has 0 radical (unpaired) electrons. The van der Waals surface area contributed by atoms with Crippen molar-refractivity contribution in [2.24, 2.45) is 0 Å². The smallest absolute Gasteiger partial charge is 0.342 e. The van der Waals surface area contributed by atoms with Crippen molar-refractivity contribution >= 4 is 35.0 Å². The summed E-state index contributed by atoms with van der Waals surface area (Å²) in [6.07, 6.45) is 6.02. The molecule has 3 aliphatic rings. The summed E-state index contributed by atoms with van der Waals surface area (Å²) in [7, 11) is 2.66. The molecule has 1 saturated carbocycles. The second kappa shape index (κ2) is 10.9. The zero-order valence-corrected chi connectivity index (χ0v) is 21.9. The lowest BCUT2D eigenvalue weighted by Crippen LogP contribution is -2.48. The number of carbonyl (C=O) groups excluding carboxylic acids is 2. The predicted octanol–water partition coefficient (Wildman–Crippen LogP) is 3.21. The number of methoxy groups -OCH3 is 1. The quantitative estimate of drug-likeness (QED) is 0.506. The number of halogens is 3. The van der Waals surface area contributed by atoms with Gasteiger partial charge in [-0.3, -0.25) is 9.59 Å². The summed E-state index contributed by atoms with van der Waals surface area (Å²) >= 11 is 0. The van der Waals surface area contributed by atoms with Crippen molar-refractivity contribution in [2.75, 3.05) is 48.9 Å². The molecule has 1 aromatic carbocycles. The van der Waals surface area contributed by atoms with Gasteiger partial charge in [0.1, 0.15) is 17.3 Å². The Morgan fingerprint density at radius 3 is 2.59 bits per heavy atom. The van der Waals surface area contributed by atoms with Crippen molar-refractivity contribution in [1.29, 1.82) is 0 Å². The molecule has 2 amide bonds. The second-order valence-electron chi connectivity index (χ2n) is 10.2. The molecular formula is C26H32F3N7O3. The summed E-state index contributed by atoms with van der Waals surface area (Å²) in [5.41, 5.74) is 0.162. The second-order valence-corrected chi connectivity index (χ2v) is 10.2. The Labute approximate surface area is 224 Å². The van der Waals surface area contributed by atoms with E-state index >= 15 is 4.39 Å². The topological polar surface area (TPSA) is 112 Å². The maximum atomic E-state index is 15.1. The van der Waals surface area contributed by atoms with Crippen LogP contribution in [-0.2, 0) is 4.79 Å². The lowest BCUT2D eigenvalue weighted by molar-refractivity contribution is -0.140. The van der Waals surface area contributed by atoms with Gasteiger partial charge in [-0.15, -0.1) is 0 Å². The number of alkyl halides is 2. The van der Waals surface area contributed by atoms with Gasteiger partial charge in [0.2, 0.25) is 5.95 Å². The highest BCUT2D eigenvalue weighted by atomic mass is 19.3. The third kappa shape index (κ3) is 5.45. The van der Waals surface area contributed by atoms with Crippen LogP contribution in [0.25, 0.3) is 0 Å². The molecule has 210 valence electrons. The Hall–Kier alpha value is -3.61. The molecule has 39 heavy (non-hydrogen) atoms. The minimum Gasteiger partial charge on any atom is -0.495 e. The van der Waals surface area contributed by atoms with Crippen LogP contribution in [0.4, 0.5) is 36.3 Å². The van der Waals surface area contributed by atoms with E-state index in [1.165, 1.54) is 31.3 Å². The van der Waals surface area contributed by atoms with E-state index in [1.807, 2.05) is 0 Å². The molecule has 2 aliphatic heterocycles. The maximum Gasteiger partial charge on any atom is 0.342 e. The van der Waals surface area contributed by atoms with Crippen LogP contribution in [0.5, 0.6) is 5.75 Å². The summed E-state index contributed by atoms with van der Waals surface area (Å²) in [6.45, 7) is 0.767. The minimum absolute atomic E-state index is 0.00687. The fourth-order valence-electron chi connectivity index (χ4n) is 5.45. The normalized spacial score (nSPS) is 20.0. The molecule has 0 unspecified atom stereocenters. The Balaban J connectivity index is 1.44. The van der Waals surface area contributed by atoms with Crippen LogP contribution in [0.15, 0.2) is 18.3 Å². The van der Waals surface area contributed by atoms with Crippen molar-refractivity contribution < 1.29 is 27.5 Å². The van der Waals surface area contributed by atoms with Gasteiger partial charge in [0.15, 0.2) is 5.82 Å². The van der Waals surface area contributed by atoms with E-state index in [2.05, 4.69) is 25.9 Å². The Kier molecular flexibility index (Phi) is 7.52. The number of hydrogen-bond donors (Lipinski definition) is 3. The number of amides is 2. The number of ether oxygens (including phenoxy) is 1. The number of benzene rings is 1. The first-order chi connectivity index (χ1) is 18.7. The van der Waals surface area contributed by atoms with Crippen LogP contribution in [0.1, 0.15) is 48.9 Å². The monoisotopic (exact) mass is 547 g/mol. The fourth-order valence-corrected chi connectivity index (χ4v) is 5.45. The van der Waals surface area contributed by atoms with Gasteiger partial charge >= 0.3 is 5.92 Å². The van der Waals surface area contributed by atoms with Gasteiger partial charge in [-0.25, -0.2) is 9.37 Å². The van der Waals surface area contributed by atoms with Gasteiger partial charge in [0, 0.05) is 25.2 Å². The molecule has 10 nitrogen and oxygen atoms in total. The molecule has 0 spiro atoms. The fraction of sp³-hybridized carbons (Fsp3) is 0.538. The molecule has 2 aromatic rings. The Bertz CT molecular complexity index is 1250. The van der Waals surface area contributed by atoms with E-state index in [1.54, 1.807) is 0 Å². The first-order valence-corrected chi connectivity index (χ1v) is 13.1. The van der Waals surface area contributed by atoms with Crippen LogP contribution in [-0.4, -0.2) is 73.6 Å². The zero-order valence-electron chi connectivity index (χ0n) is 21.9. The number of nitrogens with one attached hydrogen (secondary N) is 3. The molecule has 0 atom stereocenters. The van der Waals surface area contributed by atoms with E-state index < -0.39 is 30.1 Å². The van der Waals surface area contributed by atoms with Crippen LogP contribution >= 0.6 is 0 Å². The van der Waals surface area contributed by atoms with Gasteiger partial charge in [-0.2, -0.15) is 13.8 Å². The third-order valence-electron chi connectivity index (χ3n) is 7.59. The molecule has 5 rings (SSSR count). The number of nitrogens with zero attached hydrogens (tertiary/aromatic N) is 4. The standard InChI is InChI=1S/C26H32F3N7O3/c1-35-20-13-31-25(34-22(20)36(16-5-3-4-6-16)14-26(28,29)24(35)38)33-19-12-18(27)17(11-21(19)39-2)23(37)32-15-7-9-30-10-8-15/h11-13,15-16,30H,3-10,14H2,1-2H3,(H,32,37)(H,31,33,34). The molecule has 1 aliphatic carbocycles. The van der Waals surface area contributed by atoms with Crippen LogP contribution in [0.3, 0.4) is 0 Å². The van der Waals surface area contributed by atoms with E-state index in [0.29, 0.717) is 12.8 Å². The minimum atomic E-state index is -3.59. The van der Waals surface area contributed by atoms with Crippen LogP contribution < -0.4 is 30.5 Å². The summed E-state index contributed by atoms with van der Waals surface area (Å²) in [6, 6.07) is 2.18. The number of fused-ring (bicyclic) bond motifs is 1. The van der Waals surface area contributed by atoms with E-state index in [9.17, 15) is 18.4 Å². The highest BCUT2D eigenvalue weighted by Crippen LogP contribution is 2.40. The van der Waals surface area contributed by atoms with Gasteiger partial charge < -0.3 is 30.5 Å². The maximum absolute atomic E-state index is 15.1. The van der Waals surface area contributed by atoms with Gasteiger partial charge in [0.05, 0.1) is 31.1 Å². The van der Waals surface area contributed by atoms with Gasteiger partial charge in [-0.1, -0.05) is 12.8 Å². The largest absolute Gasteiger partial charge is 0.495 e.